The first-order valence-electron chi connectivity index (χ1n) is 6.84. The average molecular weight is 391 g/mol. The zero-order chi connectivity index (χ0) is 14.3. The lowest BCUT2D eigenvalue weighted by Gasteiger charge is -2.23. The largest absolute Gasteiger partial charge is 0.325 e. The molecule has 0 aromatic heterocycles. The molecule has 1 fully saturated rings. The fourth-order valence-electron chi connectivity index (χ4n) is 2.20. The molecular weight excluding hydrogens is 370 g/mol. The van der Waals surface area contributed by atoms with Gasteiger partial charge in [0.25, 0.3) is 0 Å². The van der Waals surface area contributed by atoms with Gasteiger partial charge in [-0.2, -0.15) is 0 Å². The summed E-state index contributed by atoms with van der Waals surface area (Å²) in [4.78, 5) is 13.8. The topological polar surface area (TPSA) is 20.3 Å². The van der Waals surface area contributed by atoms with Crippen LogP contribution in [0.2, 0.25) is 0 Å². The molecule has 19 heavy (non-hydrogen) atoms. The van der Waals surface area contributed by atoms with Crippen LogP contribution in [-0.2, 0) is 4.79 Å². The van der Waals surface area contributed by atoms with Gasteiger partial charge in [0, 0.05) is 12.8 Å². The van der Waals surface area contributed by atoms with Crippen molar-refractivity contribution in [3.8, 4) is 11.8 Å². The number of carbonyl (C=O) groups excluding carboxylic acids is 1. The van der Waals surface area contributed by atoms with Crippen molar-refractivity contribution >= 4 is 37.8 Å². The van der Waals surface area contributed by atoms with E-state index in [0.717, 1.165) is 22.7 Å². The summed E-state index contributed by atoms with van der Waals surface area (Å²) in [6.45, 7) is 4.79. The molecule has 1 heterocycles. The van der Waals surface area contributed by atoms with Crippen LogP contribution >= 0.6 is 31.9 Å². The summed E-state index contributed by atoms with van der Waals surface area (Å²) >= 11 is 6.86. The number of hydrogen-bond donors (Lipinski definition) is 0. The van der Waals surface area contributed by atoms with Crippen molar-refractivity contribution in [2.75, 3.05) is 6.54 Å². The van der Waals surface area contributed by atoms with Crippen molar-refractivity contribution in [2.24, 2.45) is 0 Å². The predicted octanol–water partition coefficient (Wildman–Crippen LogP) is 4.58. The molecule has 0 N–H and O–H groups in total. The molecule has 1 atom stereocenters. The van der Waals surface area contributed by atoms with Crippen LogP contribution in [0.25, 0.3) is 0 Å². The van der Waals surface area contributed by atoms with E-state index in [-0.39, 0.29) is 11.9 Å². The summed E-state index contributed by atoms with van der Waals surface area (Å²) in [5.41, 5.74) is 1.17. The first-order chi connectivity index (χ1) is 9.07. The maximum atomic E-state index is 11.9. The molecule has 0 unspecified atom stereocenters. The van der Waals surface area contributed by atoms with Crippen molar-refractivity contribution < 1.29 is 4.79 Å². The Morgan fingerprint density at radius 1 is 1.37 bits per heavy atom. The highest BCUT2D eigenvalue weighted by Gasteiger charge is 2.31. The van der Waals surface area contributed by atoms with E-state index in [4.69, 9.17) is 0 Å². The summed E-state index contributed by atoms with van der Waals surface area (Å²) in [7, 11) is 0. The molecule has 0 aromatic rings. The Labute approximate surface area is 133 Å². The number of amides is 1. The summed E-state index contributed by atoms with van der Waals surface area (Å²) in [6, 6.07) is 0.186. The van der Waals surface area contributed by atoms with Gasteiger partial charge in [-0.05, 0) is 57.2 Å². The van der Waals surface area contributed by atoms with E-state index >= 15 is 0 Å². The molecule has 1 amide bonds. The Balaban J connectivity index is 2.54. The minimum Gasteiger partial charge on any atom is -0.325 e. The van der Waals surface area contributed by atoms with E-state index in [1.54, 1.807) is 0 Å². The highest BCUT2D eigenvalue weighted by atomic mass is 79.9. The van der Waals surface area contributed by atoms with Crippen molar-refractivity contribution in [1.29, 1.82) is 0 Å². The van der Waals surface area contributed by atoms with E-state index in [1.165, 1.54) is 18.4 Å². The Bertz CT molecular complexity index is 402. The quantitative estimate of drug-likeness (QED) is 0.496. The second-order valence-electron chi connectivity index (χ2n) is 4.83. The lowest BCUT2D eigenvalue weighted by atomic mass is 10.1. The second kappa shape index (κ2) is 8.81. The maximum Gasteiger partial charge on any atom is 0.223 e. The van der Waals surface area contributed by atoms with Crippen LogP contribution in [-0.4, -0.2) is 23.4 Å². The Hall–Kier alpha value is -0.270. The van der Waals surface area contributed by atoms with Crippen molar-refractivity contribution in [1.82, 2.24) is 4.90 Å². The highest BCUT2D eigenvalue weighted by Crippen LogP contribution is 2.30. The monoisotopic (exact) mass is 389 g/mol. The molecule has 1 saturated heterocycles. The molecule has 0 bridgehead atoms. The van der Waals surface area contributed by atoms with Crippen LogP contribution in [0.4, 0.5) is 0 Å². The van der Waals surface area contributed by atoms with Crippen LogP contribution in [0.1, 0.15) is 52.4 Å². The van der Waals surface area contributed by atoms with Gasteiger partial charge in [-0.25, -0.2) is 0 Å². The van der Waals surface area contributed by atoms with E-state index in [2.05, 4.69) is 50.6 Å². The second-order valence-corrected chi connectivity index (χ2v) is 7.48. The van der Waals surface area contributed by atoms with Crippen LogP contribution in [0.3, 0.4) is 0 Å². The Kier molecular flexibility index (Phi) is 7.78. The van der Waals surface area contributed by atoms with Crippen molar-refractivity contribution in [3.05, 3.63) is 8.96 Å². The molecule has 4 heteroatoms. The number of unbranched alkanes of at least 4 members (excludes halogenated alkanes) is 3. The number of halogens is 2. The summed E-state index contributed by atoms with van der Waals surface area (Å²) in [5, 5.41) is 0. The van der Waals surface area contributed by atoms with Crippen LogP contribution in [0.15, 0.2) is 8.96 Å². The number of carbonyl (C=O) groups is 1. The van der Waals surface area contributed by atoms with Gasteiger partial charge in [0.1, 0.15) is 0 Å². The molecular formula is C15H21Br2NO. The van der Waals surface area contributed by atoms with Gasteiger partial charge in [-0.1, -0.05) is 25.7 Å². The van der Waals surface area contributed by atoms with Crippen LogP contribution in [0, 0.1) is 11.8 Å². The third-order valence-corrected chi connectivity index (χ3v) is 4.66. The molecule has 1 aliphatic rings. The molecule has 0 aromatic carbocycles. The zero-order valence-corrected chi connectivity index (χ0v) is 14.8. The van der Waals surface area contributed by atoms with E-state index in [1.807, 2.05) is 11.8 Å². The lowest BCUT2D eigenvalue weighted by molar-refractivity contribution is -0.127. The Morgan fingerprint density at radius 3 is 2.74 bits per heavy atom. The van der Waals surface area contributed by atoms with Gasteiger partial charge < -0.3 is 4.90 Å². The molecule has 106 valence electrons. The third-order valence-electron chi connectivity index (χ3n) is 3.41. The molecule has 2 nitrogen and oxygen atoms in total. The average Bonchev–Trinajstić information content (AvgIpc) is 2.74. The standard InChI is InChI=1S/C15H21Br2NO/c1-3-4-5-6-7-8-11-18-13(9-10-14(18)19)12(2)15(16)17/h13H,3-6,9-11H2,1-2H3/t13-/m0/s1. The smallest absolute Gasteiger partial charge is 0.223 e. The molecule has 1 rings (SSSR count). The van der Waals surface area contributed by atoms with Gasteiger partial charge in [-0.3, -0.25) is 4.79 Å². The number of hydrogen-bond acceptors (Lipinski definition) is 1. The van der Waals surface area contributed by atoms with E-state index in [0.29, 0.717) is 13.0 Å². The van der Waals surface area contributed by atoms with Gasteiger partial charge in [0.15, 0.2) is 0 Å². The number of likely N-dealkylation sites (tertiary alicyclic amines) is 1. The molecule has 0 radical (unpaired) electrons. The molecule has 0 aliphatic carbocycles. The highest BCUT2D eigenvalue weighted by molar-refractivity contribution is 9.28. The fraction of sp³-hybridized carbons (Fsp3) is 0.667. The first kappa shape index (κ1) is 16.8. The zero-order valence-electron chi connectivity index (χ0n) is 11.6. The Morgan fingerprint density at radius 2 is 2.11 bits per heavy atom. The van der Waals surface area contributed by atoms with E-state index < -0.39 is 0 Å². The van der Waals surface area contributed by atoms with Gasteiger partial charge in [0.05, 0.1) is 16.0 Å². The minimum atomic E-state index is 0.186. The lowest BCUT2D eigenvalue weighted by Crippen LogP contribution is -2.34. The predicted molar refractivity (Wildman–Crippen MR) is 87.2 cm³/mol. The van der Waals surface area contributed by atoms with E-state index in [9.17, 15) is 4.79 Å². The summed E-state index contributed by atoms with van der Waals surface area (Å²) in [6.07, 6.45) is 6.08. The van der Waals surface area contributed by atoms with Crippen molar-refractivity contribution in [2.45, 2.75) is 58.4 Å². The fourth-order valence-corrected chi connectivity index (χ4v) is 2.73. The third kappa shape index (κ3) is 5.31. The number of rotatable bonds is 5. The SMILES string of the molecule is CCCCCC#CCN1C(=O)CC[C@H]1C(C)=C(Br)Br. The normalized spacial score (nSPS) is 18.2. The molecule has 1 aliphatic heterocycles. The summed E-state index contributed by atoms with van der Waals surface area (Å²) < 4.78 is 0.945. The molecule has 0 spiro atoms. The molecule has 0 saturated carbocycles. The maximum absolute atomic E-state index is 11.9. The van der Waals surface area contributed by atoms with Gasteiger partial charge in [-0.15, -0.1) is 5.92 Å². The number of nitrogens with zero attached hydrogens (tertiary/aromatic N) is 1. The van der Waals surface area contributed by atoms with Crippen LogP contribution in [0.5, 0.6) is 0 Å². The van der Waals surface area contributed by atoms with Gasteiger partial charge in [0.2, 0.25) is 5.91 Å². The first-order valence-corrected chi connectivity index (χ1v) is 8.43. The summed E-state index contributed by atoms with van der Waals surface area (Å²) in [5.74, 6) is 6.53. The van der Waals surface area contributed by atoms with Crippen molar-refractivity contribution in [3.63, 3.8) is 0 Å². The minimum absolute atomic E-state index is 0.186. The van der Waals surface area contributed by atoms with Gasteiger partial charge >= 0.3 is 0 Å². The van der Waals surface area contributed by atoms with Crippen LogP contribution < -0.4 is 0 Å².